The standard InChI is InChI=1S/C20H17BrN4O2/c1-12-2-4-13(5-3-12)16-10-18-23-19(26)11-17(25(18)24-16)20(27)22-15-8-6-14(21)7-9-15/h2-10,17H,11H2,1H3,(H,22,27)(H,23,26). The first-order valence-electron chi connectivity index (χ1n) is 8.52. The van der Waals surface area contributed by atoms with E-state index in [2.05, 4.69) is 31.7 Å². The van der Waals surface area contributed by atoms with Gasteiger partial charge in [0.05, 0.1) is 12.1 Å². The number of rotatable bonds is 3. The number of fused-ring (bicyclic) bond motifs is 1. The molecule has 6 nitrogen and oxygen atoms in total. The number of hydrogen-bond donors (Lipinski definition) is 2. The molecule has 2 amide bonds. The van der Waals surface area contributed by atoms with Crippen molar-refractivity contribution in [1.82, 2.24) is 9.78 Å². The summed E-state index contributed by atoms with van der Waals surface area (Å²) in [4.78, 5) is 24.9. The van der Waals surface area contributed by atoms with Crippen LogP contribution in [0.15, 0.2) is 59.1 Å². The summed E-state index contributed by atoms with van der Waals surface area (Å²) in [6.07, 6.45) is 0.0460. The van der Waals surface area contributed by atoms with Crippen LogP contribution in [0.1, 0.15) is 18.0 Å². The molecule has 1 atom stereocenters. The Kier molecular flexibility index (Phi) is 4.53. The maximum absolute atomic E-state index is 12.8. The summed E-state index contributed by atoms with van der Waals surface area (Å²) in [6, 6.07) is 16.3. The van der Waals surface area contributed by atoms with Gasteiger partial charge in [-0.1, -0.05) is 45.8 Å². The smallest absolute Gasteiger partial charge is 0.249 e. The highest BCUT2D eigenvalue weighted by molar-refractivity contribution is 9.10. The van der Waals surface area contributed by atoms with Crippen molar-refractivity contribution in [3.05, 3.63) is 64.6 Å². The second-order valence-corrected chi connectivity index (χ2v) is 7.41. The van der Waals surface area contributed by atoms with Gasteiger partial charge in [-0.05, 0) is 31.2 Å². The molecule has 3 aromatic rings. The van der Waals surface area contributed by atoms with Crippen LogP contribution in [0.5, 0.6) is 0 Å². The Balaban J connectivity index is 1.63. The Morgan fingerprint density at radius 3 is 2.59 bits per heavy atom. The van der Waals surface area contributed by atoms with E-state index in [1.165, 1.54) is 0 Å². The Bertz CT molecular complexity index is 1010. The quantitative estimate of drug-likeness (QED) is 0.662. The maximum Gasteiger partial charge on any atom is 0.249 e. The van der Waals surface area contributed by atoms with E-state index in [1.807, 2.05) is 43.3 Å². The predicted molar refractivity (Wildman–Crippen MR) is 107 cm³/mol. The lowest BCUT2D eigenvalue weighted by Crippen LogP contribution is -2.35. The molecule has 0 aliphatic carbocycles. The third-order valence-corrected chi connectivity index (χ3v) is 4.97. The first-order valence-corrected chi connectivity index (χ1v) is 9.32. The molecule has 0 bridgehead atoms. The van der Waals surface area contributed by atoms with Gasteiger partial charge in [0.25, 0.3) is 0 Å². The van der Waals surface area contributed by atoms with Gasteiger partial charge in [0.2, 0.25) is 11.8 Å². The summed E-state index contributed by atoms with van der Waals surface area (Å²) < 4.78 is 2.51. The topological polar surface area (TPSA) is 76.0 Å². The van der Waals surface area contributed by atoms with Gasteiger partial charge >= 0.3 is 0 Å². The number of nitrogens with one attached hydrogen (secondary N) is 2. The average Bonchev–Trinajstić information content (AvgIpc) is 3.07. The second kappa shape index (κ2) is 7.00. The van der Waals surface area contributed by atoms with Crippen molar-refractivity contribution >= 4 is 39.2 Å². The van der Waals surface area contributed by atoms with Crippen molar-refractivity contribution in [3.8, 4) is 11.3 Å². The fourth-order valence-corrected chi connectivity index (χ4v) is 3.27. The zero-order chi connectivity index (χ0) is 19.0. The van der Waals surface area contributed by atoms with Crippen molar-refractivity contribution < 1.29 is 9.59 Å². The molecule has 2 aromatic carbocycles. The van der Waals surface area contributed by atoms with Gasteiger partial charge in [0.1, 0.15) is 11.9 Å². The monoisotopic (exact) mass is 424 g/mol. The van der Waals surface area contributed by atoms with Gasteiger partial charge in [-0.25, -0.2) is 4.68 Å². The van der Waals surface area contributed by atoms with Gasteiger partial charge in [-0.2, -0.15) is 5.10 Å². The zero-order valence-electron chi connectivity index (χ0n) is 14.6. The van der Waals surface area contributed by atoms with E-state index in [4.69, 9.17) is 0 Å². The molecule has 0 spiro atoms. The number of carbonyl (C=O) groups is 2. The molecular weight excluding hydrogens is 408 g/mol. The van der Waals surface area contributed by atoms with Gasteiger partial charge in [0.15, 0.2) is 0 Å². The Hall–Kier alpha value is -2.93. The number of carbonyl (C=O) groups excluding carboxylic acids is 2. The van der Waals surface area contributed by atoms with Crippen LogP contribution in [0.3, 0.4) is 0 Å². The molecule has 0 radical (unpaired) electrons. The molecule has 7 heteroatoms. The summed E-state index contributed by atoms with van der Waals surface area (Å²) in [6.45, 7) is 2.02. The highest BCUT2D eigenvalue weighted by Gasteiger charge is 2.32. The molecule has 2 N–H and O–H groups in total. The molecule has 1 aliphatic rings. The van der Waals surface area contributed by atoms with Gasteiger partial charge in [-0.15, -0.1) is 0 Å². The molecule has 1 aromatic heterocycles. The first kappa shape index (κ1) is 17.5. The fraction of sp³-hybridized carbons (Fsp3) is 0.150. The molecular formula is C20H17BrN4O2. The number of hydrogen-bond acceptors (Lipinski definition) is 3. The van der Waals surface area contributed by atoms with E-state index in [-0.39, 0.29) is 18.2 Å². The molecule has 0 saturated carbocycles. The number of amides is 2. The lowest BCUT2D eigenvalue weighted by molar-refractivity contribution is -0.125. The highest BCUT2D eigenvalue weighted by atomic mass is 79.9. The van der Waals surface area contributed by atoms with Crippen LogP contribution in [0.25, 0.3) is 11.3 Å². The molecule has 27 heavy (non-hydrogen) atoms. The van der Waals surface area contributed by atoms with Crippen LogP contribution in [-0.4, -0.2) is 21.6 Å². The van der Waals surface area contributed by atoms with Crippen LogP contribution in [0.2, 0.25) is 0 Å². The van der Waals surface area contributed by atoms with Crippen molar-refractivity contribution in [3.63, 3.8) is 0 Å². The van der Waals surface area contributed by atoms with Crippen LogP contribution in [-0.2, 0) is 9.59 Å². The number of benzene rings is 2. The average molecular weight is 425 g/mol. The Labute approximate surface area is 164 Å². The summed E-state index contributed by atoms with van der Waals surface area (Å²) in [5.41, 5.74) is 3.47. The second-order valence-electron chi connectivity index (χ2n) is 6.49. The third kappa shape index (κ3) is 3.64. The SMILES string of the molecule is Cc1ccc(-c2cc3n(n2)C(C(=O)Nc2ccc(Br)cc2)CC(=O)N3)cc1. The molecule has 2 heterocycles. The van der Waals surface area contributed by atoms with E-state index in [0.29, 0.717) is 17.2 Å². The van der Waals surface area contributed by atoms with Crippen molar-refractivity contribution in [1.29, 1.82) is 0 Å². The number of aryl methyl sites for hydroxylation is 1. The third-order valence-electron chi connectivity index (χ3n) is 4.44. The predicted octanol–water partition coefficient (Wildman–Crippen LogP) is 4.14. The van der Waals surface area contributed by atoms with Gasteiger partial charge in [0, 0.05) is 21.8 Å². The van der Waals surface area contributed by atoms with E-state index in [1.54, 1.807) is 22.9 Å². The van der Waals surface area contributed by atoms with Crippen LogP contribution >= 0.6 is 15.9 Å². The number of nitrogens with zero attached hydrogens (tertiary/aromatic N) is 2. The van der Waals surface area contributed by atoms with E-state index in [9.17, 15) is 9.59 Å². The Morgan fingerprint density at radius 1 is 1.19 bits per heavy atom. The van der Waals surface area contributed by atoms with Gasteiger partial charge in [-0.3, -0.25) is 9.59 Å². The summed E-state index contributed by atoms with van der Waals surface area (Å²) >= 11 is 3.37. The lowest BCUT2D eigenvalue weighted by Gasteiger charge is -2.23. The molecule has 1 unspecified atom stereocenters. The fourth-order valence-electron chi connectivity index (χ4n) is 3.01. The largest absolute Gasteiger partial charge is 0.324 e. The zero-order valence-corrected chi connectivity index (χ0v) is 16.2. The molecule has 0 saturated heterocycles. The molecule has 4 rings (SSSR count). The first-order chi connectivity index (χ1) is 13.0. The maximum atomic E-state index is 12.8. The normalized spacial score (nSPS) is 15.8. The summed E-state index contributed by atoms with van der Waals surface area (Å²) in [5, 5.41) is 10.2. The Morgan fingerprint density at radius 2 is 1.89 bits per heavy atom. The van der Waals surface area contributed by atoms with Crippen molar-refractivity contribution in [2.45, 2.75) is 19.4 Å². The van der Waals surface area contributed by atoms with E-state index in [0.717, 1.165) is 15.6 Å². The highest BCUT2D eigenvalue weighted by Crippen LogP contribution is 2.30. The minimum Gasteiger partial charge on any atom is -0.324 e. The van der Waals surface area contributed by atoms with Crippen LogP contribution in [0.4, 0.5) is 11.5 Å². The van der Waals surface area contributed by atoms with Gasteiger partial charge < -0.3 is 10.6 Å². The van der Waals surface area contributed by atoms with Crippen molar-refractivity contribution in [2.75, 3.05) is 10.6 Å². The molecule has 1 aliphatic heterocycles. The van der Waals surface area contributed by atoms with E-state index < -0.39 is 6.04 Å². The van der Waals surface area contributed by atoms with Crippen LogP contribution in [0, 0.1) is 6.92 Å². The number of halogens is 1. The van der Waals surface area contributed by atoms with Crippen molar-refractivity contribution in [2.24, 2.45) is 0 Å². The van der Waals surface area contributed by atoms with E-state index >= 15 is 0 Å². The number of aromatic nitrogens is 2. The van der Waals surface area contributed by atoms with Crippen LogP contribution < -0.4 is 10.6 Å². The molecule has 0 fully saturated rings. The lowest BCUT2D eigenvalue weighted by atomic mass is 10.1. The molecule has 136 valence electrons. The minimum absolute atomic E-state index is 0.0460. The number of anilines is 2. The minimum atomic E-state index is -0.698. The summed E-state index contributed by atoms with van der Waals surface area (Å²) in [5.74, 6) is 0.0542. The summed E-state index contributed by atoms with van der Waals surface area (Å²) in [7, 11) is 0.